The second kappa shape index (κ2) is 8.01. The first kappa shape index (κ1) is 18.6. The van der Waals surface area contributed by atoms with Crippen molar-refractivity contribution in [3.8, 4) is 0 Å². The third kappa shape index (κ3) is 4.32. The molecule has 0 N–H and O–H groups in total. The molecule has 7 heteroatoms. The van der Waals surface area contributed by atoms with E-state index in [-0.39, 0.29) is 17.1 Å². The Bertz CT molecular complexity index is 1000. The van der Waals surface area contributed by atoms with Crippen LogP contribution in [0, 0.1) is 0 Å². The van der Waals surface area contributed by atoms with Crippen molar-refractivity contribution in [1.82, 2.24) is 4.98 Å². The minimum absolute atomic E-state index is 0.0951. The van der Waals surface area contributed by atoms with Gasteiger partial charge >= 0.3 is 5.97 Å². The van der Waals surface area contributed by atoms with Crippen LogP contribution in [0.15, 0.2) is 84.0 Å². The topological polar surface area (TPSA) is 76.6 Å². The number of hydrogen-bond acceptors (Lipinski definition) is 5. The van der Waals surface area contributed by atoms with Gasteiger partial charge in [0.1, 0.15) is 6.61 Å². The number of nitrogens with zero attached hydrogens (tertiary/aromatic N) is 2. The Morgan fingerprint density at radius 2 is 1.70 bits per heavy atom. The lowest BCUT2D eigenvalue weighted by atomic mass is 10.2. The SMILES string of the molecule is CN(c1ccccc1)S(=O)(=O)c1ccc(C(=O)OCc2cccnc2)cc1. The van der Waals surface area contributed by atoms with Gasteiger partial charge in [-0.2, -0.15) is 0 Å². The average molecular weight is 382 g/mol. The van der Waals surface area contributed by atoms with E-state index in [1.807, 2.05) is 6.07 Å². The zero-order valence-corrected chi connectivity index (χ0v) is 15.5. The highest BCUT2D eigenvalue weighted by Gasteiger charge is 2.21. The Labute approximate surface area is 158 Å². The molecule has 0 atom stereocenters. The van der Waals surface area contributed by atoms with Gasteiger partial charge in [-0.1, -0.05) is 24.3 Å². The van der Waals surface area contributed by atoms with Gasteiger partial charge < -0.3 is 4.74 Å². The van der Waals surface area contributed by atoms with Crippen LogP contribution in [0.2, 0.25) is 0 Å². The van der Waals surface area contributed by atoms with E-state index in [4.69, 9.17) is 4.74 Å². The molecule has 138 valence electrons. The first-order valence-corrected chi connectivity index (χ1v) is 9.62. The maximum atomic E-state index is 12.7. The van der Waals surface area contributed by atoms with E-state index in [0.717, 1.165) is 5.56 Å². The Morgan fingerprint density at radius 1 is 1.00 bits per heavy atom. The van der Waals surface area contributed by atoms with Gasteiger partial charge in [0.2, 0.25) is 0 Å². The van der Waals surface area contributed by atoms with Crippen molar-refractivity contribution in [3.63, 3.8) is 0 Å². The highest BCUT2D eigenvalue weighted by Crippen LogP contribution is 2.22. The van der Waals surface area contributed by atoms with Crippen LogP contribution in [0.5, 0.6) is 0 Å². The first-order chi connectivity index (χ1) is 13.0. The molecule has 1 aromatic heterocycles. The van der Waals surface area contributed by atoms with E-state index in [1.54, 1.807) is 48.8 Å². The van der Waals surface area contributed by atoms with E-state index < -0.39 is 16.0 Å². The molecule has 0 bridgehead atoms. The highest BCUT2D eigenvalue weighted by atomic mass is 32.2. The second-order valence-electron chi connectivity index (χ2n) is 5.77. The molecule has 0 fully saturated rings. The van der Waals surface area contributed by atoms with E-state index in [9.17, 15) is 13.2 Å². The van der Waals surface area contributed by atoms with Crippen LogP contribution in [0.3, 0.4) is 0 Å². The summed E-state index contributed by atoms with van der Waals surface area (Å²) in [4.78, 5) is 16.2. The molecule has 0 unspecified atom stereocenters. The summed E-state index contributed by atoms with van der Waals surface area (Å²) in [6.45, 7) is 0.101. The van der Waals surface area contributed by atoms with Crippen LogP contribution in [-0.4, -0.2) is 26.4 Å². The number of hydrogen-bond donors (Lipinski definition) is 0. The number of anilines is 1. The summed E-state index contributed by atoms with van der Waals surface area (Å²) in [6.07, 6.45) is 3.25. The fourth-order valence-corrected chi connectivity index (χ4v) is 3.61. The van der Waals surface area contributed by atoms with Crippen molar-refractivity contribution >= 4 is 21.7 Å². The fraction of sp³-hybridized carbons (Fsp3) is 0.100. The lowest BCUT2D eigenvalue weighted by Crippen LogP contribution is -2.26. The Kier molecular flexibility index (Phi) is 5.52. The van der Waals surface area contributed by atoms with Crippen LogP contribution >= 0.6 is 0 Å². The summed E-state index contributed by atoms with van der Waals surface area (Å²) < 4.78 is 31.9. The average Bonchev–Trinajstić information content (AvgIpc) is 2.73. The molecule has 1 heterocycles. The predicted molar refractivity (Wildman–Crippen MR) is 102 cm³/mol. The first-order valence-electron chi connectivity index (χ1n) is 8.18. The summed E-state index contributed by atoms with van der Waals surface area (Å²) in [5, 5.41) is 0. The van der Waals surface area contributed by atoms with Crippen molar-refractivity contribution in [2.24, 2.45) is 0 Å². The molecule has 0 aliphatic carbocycles. The lowest BCUT2D eigenvalue weighted by Gasteiger charge is -2.19. The quantitative estimate of drug-likeness (QED) is 0.612. The van der Waals surface area contributed by atoms with Crippen molar-refractivity contribution < 1.29 is 17.9 Å². The summed E-state index contributed by atoms with van der Waals surface area (Å²) in [7, 11) is -2.23. The summed E-state index contributed by atoms with van der Waals surface area (Å²) in [5.41, 5.74) is 1.60. The third-order valence-electron chi connectivity index (χ3n) is 3.96. The number of aromatic nitrogens is 1. The predicted octanol–water partition coefficient (Wildman–Crippen LogP) is 3.26. The molecular weight excluding hydrogens is 364 g/mol. The van der Waals surface area contributed by atoms with Crippen molar-refractivity contribution in [1.29, 1.82) is 0 Å². The number of carbonyl (C=O) groups is 1. The van der Waals surface area contributed by atoms with Crippen LogP contribution in [0.4, 0.5) is 5.69 Å². The Balaban J connectivity index is 1.71. The van der Waals surface area contributed by atoms with Crippen molar-refractivity contribution in [2.75, 3.05) is 11.4 Å². The number of benzene rings is 2. The maximum absolute atomic E-state index is 12.7. The van der Waals surface area contributed by atoms with Crippen molar-refractivity contribution in [3.05, 3.63) is 90.3 Å². The Morgan fingerprint density at radius 3 is 2.33 bits per heavy atom. The van der Waals surface area contributed by atoms with Gasteiger partial charge in [-0.25, -0.2) is 13.2 Å². The molecule has 3 rings (SSSR count). The molecule has 0 saturated carbocycles. The van der Waals surface area contributed by atoms with Gasteiger partial charge in [-0.3, -0.25) is 9.29 Å². The molecule has 3 aromatic rings. The third-order valence-corrected chi connectivity index (χ3v) is 5.76. The summed E-state index contributed by atoms with van der Waals surface area (Å²) in [6, 6.07) is 18.0. The maximum Gasteiger partial charge on any atom is 0.338 e. The number of ether oxygens (including phenoxy) is 1. The molecule has 6 nitrogen and oxygen atoms in total. The summed E-state index contributed by atoms with van der Waals surface area (Å²) in [5.74, 6) is -0.529. The number of rotatable bonds is 6. The van der Waals surface area contributed by atoms with Crippen molar-refractivity contribution in [2.45, 2.75) is 11.5 Å². The van der Waals surface area contributed by atoms with Crippen LogP contribution in [0.25, 0.3) is 0 Å². The molecule has 0 amide bonds. The van der Waals surface area contributed by atoms with Gasteiger partial charge in [0.15, 0.2) is 0 Å². The second-order valence-corrected chi connectivity index (χ2v) is 7.74. The normalized spacial score (nSPS) is 11.0. The molecule has 0 aliphatic rings. The fourth-order valence-electron chi connectivity index (χ4n) is 2.41. The van der Waals surface area contributed by atoms with Crippen LogP contribution in [-0.2, 0) is 21.4 Å². The van der Waals surface area contributed by atoms with E-state index in [0.29, 0.717) is 5.69 Å². The van der Waals surface area contributed by atoms with Gasteiger partial charge in [-0.05, 0) is 42.5 Å². The van der Waals surface area contributed by atoms with E-state index >= 15 is 0 Å². The molecule has 2 aromatic carbocycles. The largest absolute Gasteiger partial charge is 0.457 e. The molecule has 0 aliphatic heterocycles. The van der Waals surface area contributed by atoms with Gasteiger partial charge in [0, 0.05) is 25.0 Å². The zero-order valence-electron chi connectivity index (χ0n) is 14.6. The molecule has 0 spiro atoms. The zero-order chi connectivity index (χ0) is 19.3. The number of para-hydroxylation sites is 1. The van der Waals surface area contributed by atoms with Crippen LogP contribution < -0.4 is 4.31 Å². The standard InChI is InChI=1S/C20H18N2O4S/c1-22(18-7-3-2-4-8-18)27(24,25)19-11-9-17(10-12-19)20(23)26-15-16-6-5-13-21-14-16/h2-14H,15H2,1H3. The van der Waals surface area contributed by atoms with Gasteiger partial charge in [0.05, 0.1) is 16.1 Å². The lowest BCUT2D eigenvalue weighted by molar-refractivity contribution is 0.0472. The smallest absolute Gasteiger partial charge is 0.338 e. The number of carbonyl (C=O) groups excluding carboxylic acids is 1. The molecule has 27 heavy (non-hydrogen) atoms. The number of esters is 1. The van der Waals surface area contributed by atoms with E-state index in [2.05, 4.69) is 4.98 Å². The number of sulfonamides is 1. The molecular formula is C20H18N2O4S. The van der Waals surface area contributed by atoms with Gasteiger partial charge in [-0.15, -0.1) is 0 Å². The minimum Gasteiger partial charge on any atom is -0.457 e. The monoisotopic (exact) mass is 382 g/mol. The van der Waals surface area contributed by atoms with Crippen LogP contribution in [0.1, 0.15) is 15.9 Å². The molecule has 0 saturated heterocycles. The van der Waals surface area contributed by atoms with E-state index in [1.165, 1.54) is 35.6 Å². The highest BCUT2D eigenvalue weighted by molar-refractivity contribution is 7.92. The minimum atomic E-state index is -3.72. The molecule has 0 radical (unpaired) electrons. The number of pyridine rings is 1. The summed E-state index contributed by atoms with van der Waals surface area (Å²) >= 11 is 0. The Hall–Kier alpha value is -3.19. The van der Waals surface area contributed by atoms with Gasteiger partial charge in [0.25, 0.3) is 10.0 Å².